The Balaban J connectivity index is 1.69. The molecule has 0 bridgehead atoms. The van der Waals surface area contributed by atoms with E-state index in [4.69, 9.17) is 4.74 Å². The number of carbonyl (C=O) groups is 2. The molecule has 0 aliphatic heterocycles. The van der Waals surface area contributed by atoms with Crippen molar-refractivity contribution in [3.63, 3.8) is 0 Å². The monoisotopic (exact) mass is 391 g/mol. The zero-order chi connectivity index (χ0) is 17.6. The molecule has 0 amide bonds. The van der Waals surface area contributed by atoms with Crippen molar-refractivity contribution in [2.45, 2.75) is 19.3 Å². The number of ether oxygens (including phenoxy) is 1. The molecule has 25 heavy (non-hydrogen) atoms. The highest BCUT2D eigenvalue weighted by Crippen LogP contribution is 2.41. The Morgan fingerprint density at radius 2 is 1.72 bits per heavy atom. The zero-order valence-electron chi connectivity index (χ0n) is 13.2. The van der Waals surface area contributed by atoms with Crippen LogP contribution in [0.15, 0.2) is 41.1 Å². The van der Waals surface area contributed by atoms with Gasteiger partial charge in [0.2, 0.25) is 0 Å². The van der Waals surface area contributed by atoms with Crippen LogP contribution in [0, 0.1) is 0 Å². The standard InChI is InChI=1S/C18H16O4S3/c19-16(20)5-6-17(21)22-8-7-12-11-15(13-3-1-9-23-13)25-18(12)14-4-2-10-24-14/h1-4,9-11H,5-8H2,(H,19,20)/p-1. The summed E-state index contributed by atoms with van der Waals surface area (Å²) < 4.78 is 5.15. The fourth-order valence-electron chi connectivity index (χ4n) is 2.32. The maximum Gasteiger partial charge on any atom is 0.306 e. The van der Waals surface area contributed by atoms with Crippen LogP contribution in [-0.2, 0) is 20.7 Å². The molecule has 0 unspecified atom stereocenters. The van der Waals surface area contributed by atoms with Gasteiger partial charge in [-0.3, -0.25) is 4.79 Å². The number of rotatable bonds is 8. The van der Waals surface area contributed by atoms with Crippen molar-refractivity contribution < 1.29 is 19.4 Å². The molecule has 7 heteroatoms. The molecule has 0 atom stereocenters. The number of thiophene rings is 3. The van der Waals surface area contributed by atoms with Crippen molar-refractivity contribution >= 4 is 45.9 Å². The van der Waals surface area contributed by atoms with E-state index in [1.807, 2.05) is 17.5 Å². The van der Waals surface area contributed by atoms with Crippen LogP contribution in [0.25, 0.3) is 19.5 Å². The van der Waals surface area contributed by atoms with Crippen molar-refractivity contribution in [2.75, 3.05) is 6.61 Å². The molecular formula is C18H15O4S3-. The molecule has 3 aromatic rings. The molecule has 0 aliphatic carbocycles. The van der Waals surface area contributed by atoms with Crippen molar-refractivity contribution in [2.24, 2.45) is 0 Å². The number of carboxylic acid groups (broad SMARTS) is 1. The van der Waals surface area contributed by atoms with Gasteiger partial charge in [0.15, 0.2) is 0 Å². The summed E-state index contributed by atoms with van der Waals surface area (Å²) in [6.07, 6.45) is 0.149. The Hall–Kier alpha value is -1.96. The molecule has 0 fully saturated rings. The first-order valence-corrected chi connectivity index (χ1v) is 10.3. The summed E-state index contributed by atoms with van der Waals surface area (Å²) in [4.78, 5) is 26.7. The first kappa shape index (κ1) is 17.8. The fraction of sp³-hybridized carbons (Fsp3) is 0.222. The van der Waals surface area contributed by atoms with Crippen LogP contribution in [0.2, 0.25) is 0 Å². The molecule has 0 spiro atoms. The van der Waals surface area contributed by atoms with Crippen LogP contribution in [0.3, 0.4) is 0 Å². The van der Waals surface area contributed by atoms with E-state index in [-0.39, 0.29) is 19.4 Å². The summed E-state index contributed by atoms with van der Waals surface area (Å²) in [5.74, 6) is -1.74. The lowest BCUT2D eigenvalue weighted by atomic mass is 10.1. The van der Waals surface area contributed by atoms with E-state index in [1.54, 1.807) is 34.0 Å². The summed E-state index contributed by atoms with van der Waals surface area (Å²) in [6, 6.07) is 10.4. The lowest BCUT2D eigenvalue weighted by Gasteiger charge is -2.06. The van der Waals surface area contributed by atoms with Crippen LogP contribution < -0.4 is 5.11 Å². The third-order valence-electron chi connectivity index (χ3n) is 3.49. The minimum absolute atomic E-state index is 0.149. The number of esters is 1. The lowest BCUT2D eigenvalue weighted by Crippen LogP contribution is -2.23. The van der Waals surface area contributed by atoms with E-state index >= 15 is 0 Å². The van der Waals surface area contributed by atoms with Gasteiger partial charge >= 0.3 is 5.97 Å². The summed E-state index contributed by atoms with van der Waals surface area (Å²) in [6.45, 7) is 0.241. The molecule has 0 saturated carbocycles. The Morgan fingerprint density at radius 1 is 1.00 bits per heavy atom. The Labute approximate surface area is 157 Å². The normalized spacial score (nSPS) is 10.7. The van der Waals surface area contributed by atoms with Crippen molar-refractivity contribution in [1.82, 2.24) is 0 Å². The molecule has 0 N–H and O–H groups in total. The van der Waals surface area contributed by atoms with Gasteiger partial charge in [0, 0.05) is 31.9 Å². The maximum atomic E-state index is 11.5. The van der Waals surface area contributed by atoms with Gasteiger partial charge in [0.05, 0.1) is 13.0 Å². The number of aliphatic carboxylic acids is 1. The molecule has 4 nitrogen and oxygen atoms in total. The van der Waals surface area contributed by atoms with Gasteiger partial charge in [-0.05, 0) is 40.9 Å². The van der Waals surface area contributed by atoms with Crippen LogP contribution in [0.1, 0.15) is 18.4 Å². The number of carboxylic acids is 1. The minimum Gasteiger partial charge on any atom is -0.550 e. The van der Waals surface area contributed by atoms with Gasteiger partial charge in [-0.2, -0.15) is 0 Å². The van der Waals surface area contributed by atoms with Gasteiger partial charge in [0.25, 0.3) is 0 Å². The summed E-state index contributed by atoms with van der Waals surface area (Å²) >= 11 is 5.13. The number of carbonyl (C=O) groups excluding carboxylic acids is 2. The predicted molar refractivity (Wildman–Crippen MR) is 99.8 cm³/mol. The number of hydrogen-bond acceptors (Lipinski definition) is 7. The first-order valence-electron chi connectivity index (χ1n) is 7.69. The molecule has 3 heterocycles. The average Bonchev–Trinajstić information content (AvgIpc) is 3.32. The molecule has 130 valence electrons. The zero-order valence-corrected chi connectivity index (χ0v) is 15.7. The minimum atomic E-state index is -1.24. The van der Waals surface area contributed by atoms with E-state index in [2.05, 4.69) is 23.6 Å². The molecule has 0 aromatic carbocycles. The third-order valence-corrected chi connectivity index (χ3v) is 6.78. The fourth-order valence-corrected chi connectivity index (χ4v) is 5.25. The Morgan fingerprint density at radius 3 is 2.36 bits per heavy atom. The van der Waals surface area contributed by atoms with E-state index in [1.165, 1.54) is 19.5 Å². The van der Waals surface area contributed by atoms with Crippen LogP contribution in [0.5, 0.6) is 0 Å². The molecule has 3 rings (SSSR count). The quantitative estimate of drug-likeness (QED) is 0.548. The van der Waals surface area contributed by atoms with Gasteiger partial charge in [-0.15, -0.1) is 34.0 Å². The average molecular weight is 392 g/mol. The summed E-state index contributed by atoms with van der Waals surface area (Å²) in [5.41, 5.74) is 1.14. The van der Waals surface area contributed by atoms with Crippen LogP contribution in [-0.4, -0.2) is 18.5 Å². The second-order valence-electron chi connectivity index (χ2n) is 5.26. The lowest BCUT2D eigenvalue weighted by molar-refractivity contribution is -0.305. The largest absolute Gasteiger partial charge is 0.550 e. The Kier molecular flexibility index (Phi) is 6.01. The van der Waals surface area contributed by atoms with Gasteiger partial charge in [-0.25, -0.2) is 0 Å². The predicted octanol–water partition coefficient (Wildman–Crippen LogP) is 3.82. The van der Waals surface area contributed by atoms with Crippen molar-refractivity contribution in [1.29, 1.82) is 0 Å². The highest BCUT2D eigenvalue weighted by Gasteiger charge is 2.14. The van der Waals surface area contributed by atoms with E-state index in [0.717, 1.165) is 5.56 Å². The van der Waals surface area contributed by atoms with Crippen LogP contribution in [0.4, 0.5) is 0 Å². The van der Waals surface area contributed by atoms with E-state index in [9.17, 15) is 14.7 Å². The highest BCUT2D eigenvalue weighted by atomic mass is 32.1. The number of hydrogen-bond donors (Lipinski definition) is 0. The molecule has 0 radical (unpaired) electrons. The van der Waals surface area contributed by atoms with E-state index in [0.29, 0.717) is 6.42 Å². The SMILES string of the molecule is O=C([O-])CCC(=O)OCCc1cc(-c2cccs2)sc1-c1cccs1. The van der Waals surface area contributed by atoms with Gasteiger partial charge in [-0.1, -0.05) is 12.1 Å². The summed E-state index contributed by atoms with van der Waals surface area (Å²) in [7, 11) is 0. The molecule has 3 aromatic heterocycles. The Bertz CT molecular complexity index is 832. The summed E-state index contributed by atoms with van der Waals surface area (Å²) in [5, 5.41) is 14.5. The van der Waals surface area contributed by atoms with Crippen molar-refractivity contribution in [3.8, 4) is 19.5 Å². The smallest absolute Gasteiger partial charge is 0.306 e. The van der Waals surface area contributed by atoms with Gasteiger partial charge in [0.1, 0.15) is 0 Å². The third kappa shape index (κ3) is 4.78. The molecule has 0 aliphatic rings. The molecular weight excluding hydrogens is 376 g/mol. The second kappa shape index (κ2) is 8.42. The van der Waals surface area contributed by atoms with Gasteiger partial charge < -0.3 is 14.6 Å². The van der Waals surface area contributed by atoms with E-state index < -0.39 is 11.9 Å². The second-order valence-corrected chi connectivity index (χ2v) is 8.21. The maximum absolute atomic E-state index is 11.5. The highest BCUT2D eigenvalue weighted by molar-refractivity contribution is 7.26. The van der Waals surface area contributed by atoms with Crippen molar-refractivity contribution in [3.05, 3.63) is 46.7 Å². The first-order chi connectivity index (χ1) is 12.1. The molecule has 0 saturated heterocycles. The van der Waals surface area contributed by atoms with Crippen LogP contribution >= 0.6 is 34.0 Å². The topological polar surface area (TPSA) is 66.4 Å².